The molecule has 3 rings (SSSR count). The summed E-state index contributed by atoms with van der Waals surface area (Å²) < 4.78 is 30.6. The highest BCUT2D eigenvalue weighted by atomic mass is 32.2. The molecular formula is C19H25N3O4S2. The number of benzene rings is 1. The molecule has 7 nitrogen and oxygen atoms in total. The van der Waals surface area contributed by atoms with Gasteiger partial charge in [-0.05, 0) is 49.9 Å². The van der Waals surface area contributed by atoms with Gasteiger partial charge in [-0.15, -0.1) is 11.3 Å². The van der Waals surface area contributed by atoms with E-state index in [-0.39, 0.29) is 11.8 Å². The number of hydrogen-bond donors (Lipinski definition) is 1. The summed E-state index contributed by atoms with van der Waals surface area (Å²) in [6.45, 7) is 4.12. The van der Waals surface area contributed by atoms with Crippen molar-refractivity contribution in [2.24, 2.45) is 5.92 Å². The maximum absolute atomic E-state index is 12.8. The minimum Gasteiger partial charge on any atom is -0.494 e. The summed E-state index contributed by atoms with van der Waals surface area (Å²) in [5.41, 5.74) is 1.38. The Kier molecular flexibility index (Phi) is 6.69. The van der Waals surface area contributed by atoms with Crippen LogP contribution in [0.15, 0.2) is 29.6 Å². The Balaban J connectivity index is 1.64. The topological polar surface area (TPSA) is 88.6 Å². The molecule has 28 heavy (non-hydrogen) atoms. The second-order valence-corrected chi connectivity index (χ2v) is 9.57. The average Bonchev–Trinajstić information content (AvgIpc) is 3.16. The van der Waals surface area contributed by atoms with Crippen molar-refractivity contribution in [1.82, 2.24) is 14.6 Å². The first kappa shape index (κ1) is 20.8. The Labute approximate surface area is 169 Å². The minimum absolute atomic E-state index is 0.0995. The number of sulfonamides is 1. The molecule has 1 aliphatic heterocycles. The van der Waals surface area contributed by atoms with E-state index in [2.05, 4.69) is 9.71 Å². The number of thiazole rings is 1. The highest BCUT2D eigenvalue weighted by Gasteiger charge is 2.26. The molecule has 1 atom stereocenters. The first-order valence-corrected chi connectivity index (χ1v) is 12.1. The van der Waals surface area contributed by atoms with Crippen molar-refractivity contribution in [1.29, 1.82) is 0 Å². The van der Waals surface area contributed by atoms with Crippen molar-refractivity contribution < 1.29 is 17.9 Å². The lowest BCUT2D eigenvalue weighted by Crippen LogP contribution is -2.43. The molecule has 2 heterocycles. The third kappa shape index (κ3) is 5.52. The second kappa shape index (κ2) is 9.02. The van der Waals surface area contributed by atoms with E-state index in [1.54, 1.807) is 10.3 Å². The second-order valence-electron chi connectivity index (χ2n) is 6.88. The van der Waals surface area contributed by atoms with Gasteiger partial charge in [0.05, 0.1) is 12.9 Å². The van der Waals surface area contributed by atoms with Crippen molar-refractivity contribution in [3.05, 3.63) is 35.3 Å². The molecule has 0 aliphatic carbocycles. The fraction of sp³-hybridized carbons (Fsp3) is 0.474. The van der Waals surface area contributed by atoms with Crippen molar-refractivity contribution in [3.8, 4) is 16.3 Å². The molecule has 1 unspecified atom stereocenters. The Morgan fingerprint density at radius 1 is 1.36 bits per heavy atom. The molecule has 1 saturated heterocycles. The zero-order valence-corrected chi connectivity index (χ0v) is 17.7. The number of nitrogens with zero attached hydrogens (tertiary/aromatic N) is 2. The lowest BCUT2D eigenvalue weighted by atomic mass is 9.98. The van der Waals surface area contributed by atoms with Gasteiger partial charge in [-0.3, -0.25) is 4.79 Å². The van der Waals surface area contributed by atoms with Crippen molar-refractivity contribution in [3.63, 3.8) is 0 Å². The van der Waals surface area contributed by atoms with Crippen molar-refractivity contribution in [2.75, 3.05) is 32.5 Å². The van der Waals surface area contributed by atoms with E-state index in [1.807, 2.05) is 31.2 Å². The maximum atomic E-state index is 12.8. The molecule has 1 aliphatic rings. The van der Waals surface area contributed by atoms with Crippen LogP contribution in [0.4, 0.5) is 0 Å². The molecule has 1 aromatic carbocycles. The van der Waals surface area contributed by atoms with Gasteiger partial charge in [0.15, 0.2) is 0 Å². The molecule has 1 N–H and O–H groups in total. The number of amides is 1. The van der Waals surface area contributed by atoms with Crippen LogP contribution in [0.25, 0.3) is 10.6 Å². The van der Waals surface area contributed by atoms with Gasteiger partial charge >= 0.3 is 0 Å². The molecule has 1 fully saturated rings. The molecule has 0 radical (unpaired) electrons. The van der Waals surface area contributed by atoms with Crippen LogP contribution >= 0.6 is 11.3 Å². The Morgan fingerprint density at radius 3 is 2.79 bits per heavy atom. The zero-order chi connectivity index (χ0) is 20.1. The summed E-state index contributed by atoms with van der Waals surface area (Å²) in [7, 11) is -3.22. The molecule has 2 aromatic rings. The number of aromatic nitrogens is 1. The summed E-state index contributed by atoms with van der Waals surface area (Å²) in [6, 6.07) is 7.66. The van der Waals surface area contributed by atoms with Crippen molar-refractivity contribution >= 4 is 27.3 Å². The quantitative estimate of drug-likeness (QED) is 0.740. The van der Waals surface area contributed by atoms with Gasteiger partial charge < -0.3 is 9.64 Å². The monoisotopic (exact) mass is 423 g/mol. The van der Waals surface area contributed by atoms with Gasteiger partial charge in [-0.25, -0.2) is 18.1 Å². The summed E-state index contributed by atoms with van der Waals surface area (Å²) in [4.78, 5) is 19.1. The molecular weight excluding hydrogens is 398 g/mol. The molecule has 9 heteroatoms. The molecule has 152 valence electrons. The average molecular weight is 424 g/mol. The first-order valence-electron chi connectivity index (χ1n) is 9.28. The van der Waals surface area contributed by atoms with E-state index >= 15 is 0 Å². The van der Waals surface area contributed by atoms with Crippen LogP contribution in [0, 0.1) is 5.92 Å². The molecule has 1 aromatic heterocycles. The lowest BCUT2D eigenvalue weighted by Gasteiger charge is -2.32. The smallest absolute Gasteiger partial charge is 0.273 e. The summed E-state index contributed by atoms with van der Waals surface area (Å²) >= 11 is 1.44. The largest absolute Gasteiger partial charge is 0.494 e. The fourth-order valence-electron chi connectivity index (χ4n) is 3.21. The van der Waals surface area contributed by atoms with Crippen LogP contribution in [0.1, 0.15) is 30.3 Å². The van der Waals surface area contributed by atoms with Crippen LogP contribution in [0.5, 0.6) is 5.75 Å². The number of nitrogens with one attached hydrogen (secondary N) is 1. The van der Waals surface area contributed by atoms with Crippen LogP contribution in [0.3, 0.4) is 0 Å². The normalized spacial score (nSPS) is 17.5. The zero-order valence-electron chi connectivity index (χ0n) is 16.1. The SMILES string of the molecule is CCOc1ccc(-c2nc(C(=O)N3CCCC(CNS(C)(=O)=O)C3)cs2)cc1. The predicted octanol–water partition coefficient (Wildman–Crippen LogP) is 2.61. The van der Waals surface area contributed by atoms with E-state index in [0.29, 0.717) is 31.9 Å². The third-order valence-electron chi connectivity index (χ3n) is 4.58. The number of ether oxygens (including phenoxy) is 1. The maximum Gasteiger partial charge on any atom is 0.273 e. The lowest BCUT2D eigenvalue weighted by molar-refractivity contribution is 0.0671. The first-order chi connectivity index (χ1) is 13.4. The number of carbonyl (C=O) groups is 1. The summed E-state index contributed by atoms with van der Waals surface area (Å²) in [5.74, 6) is 0.829. The van der Waals surface area contributed by atoms with Gasteiger partial charge in [0.2, 0.25) is 10.0 Å². The van der Waals surface area contributed by atoms with Crippen LogP contribution in [-0.4, -0.2) is 56.7 Å². The summed E-state index contributed by atoms with van der Waals surface area (Å²) in [5, 5.41) is 2.57. The van der Waals surface area contributed by atoms with Crippen LogP contribution in [-0.2, 0) is 10.0 Å². The van der Waals surface area contributed by atoms with E-state index in [1.165, 1.54) is 11.3 Å². The highest BCUT2D eigenvalue weighted by molar-refractivity contribution is 7.88. The number of piperidine rings is 1. The van der Waals surface area contributed by atoms with Gasteiger partial charge in [-0.1, -0.05) is 0 Å². The highest BCUT2D eigenvalue weighted by Crippen LogP contribution is 2.27. The Bertz CT molecular complexity index is 910. The van der Waals surface area contributed by atoms with E-state index in [0.717, 1.165) is 35.4 Å². The fourth-order valence-corrected chi connectivity index (χ4v) is 4.55. The van der Waals surface area contributed by atoms with Gasteiger partial charge in [0.25, 0.3) is 5.91 Å². The van der Waals surface area contributed by atoms with E-state index in [4.69, 9.17) is 4.74 Å². The third-order valence-corrected chi connectivity index (χ3v) is 6.16. The molecule has 0 saturated carbocycles. The number of likely N-dealkylation sites (tertiary alicyclic amines) is 1. The van der Waals surface area contributed by atoms with Crippen LogP contribution < -0.4 is 9.46 Å². The Hall–Kier alpha value is -1.97. The molecule has 0 spiro atoms. The minimum atomic E-state index is -3.22. The van der Waals surface area contributed by atoms with Crippen molar-refractivity contribution in [2.45, 2.75) is 19.8 Å². The molecule has 0 bridgehead atoms. The van der Waals surface area contributed by atoms with E-state index < -0.39 is 10.0 Å². The standard InChI is InChI=1S/C19H25N3O4S2/c1-3-26-16-8-6-15(7-9-16)18-21-17(13-27-18)19(23)22-10-4-5-14(12-22)11-20-28(2,24)25/h6-9,13-14,20H,3-5,10-12H2,1-2H3. The number of rotatable bonds is 7. The molecule has 1 amide bonds. The van der Waals surface area contributed by atoms with Gasteiger partial charge in [-0.2, -0.15) is 0 Å². The number of carbonyl (C=O) groups excluding carboxylic acids is 1. The summed E-state index contributed by atoms with van der Waals surface area (Å²) in [6.07, 6.45) is 2.91. The Morgan fingerprint density at radius 2 is 2.11 bits per heavy atom. The number of hydrogen-bond acceptors (Lipinski definition) is 6. The van der Waals surface area contributed by atoms with Gasteiger partial charge in [0, 0.05) is 30.6 Å². The van der Waals surface area contributed by atoms with E-state index in [9.17, 15) is 13.2 Å². The predicted molar refractivity (Wildman–Crippen MR) is 110 cm³/mol. The van der Waals surface area contributed by atoms with Gasteiger partial charge in [0.1, 0.15) is 16.5 Å². The van der Waals surface area contributed by atoms with Crippen LogP contribution in [0.2, 0.25) is 0 Å².